The van der Waals surface area contributed by atoms with Gasteiger partial charge in [0.25, 0.3) is 0 Å². The maximum atomic E-state index is 2.33. The van der Waals surface area contributed by atoms with E-state index < -0.39 is 0 Å². The van der Waals surface area contributed by atoms with Gasteiger partial charge in [-0.2, -0.15) is 0 Å². The molecule has 1 aliphatic carbocycles. The maximum absolute atomic E-state index is 2.33. The van der Waals surface area contributed by atoms with Gasteiger partial charge < -0.3 is 0 Å². The summed E-state index contributed by atoms with van der Waals surface area (Å²) in [5, 5.41) is 2.86. The van der Waals surface area contributed by atoms with Crippen LogP contribution in [-0.2, 0) is 0 Å². The van der Waals surface area contributed by atoms with E-state index in [1.165, 1.54) is 49.6 Å². The third-order valence-corrected chi connectivity index (χ3v) is 4.27. The van der Waals surface area contributed by atoms with E-state index >= 15 is 0 Å². The van der Waals surface area contributed by atoms with Crippen molar-refractivity contribution >= 4 is 24.1 Å². The van der Waals surface area contributed by atoms with Crippen LogP contribution < -0.4 is 5.46 Å². The summed E-state index contributed by atoms with van der Waals surface area (Å²) in [6, 6.07) is 15.8. The molecule has 0 amide bonds. The van der Waals surface area contributed by atoms with Crippen molar-refractivity contribution in [3.63, 3.8) is 0 Å². The first-order valence-corrected chi connectivity index (χ1v) is 6.81. The molecule has 0 fully saturated rings. The summed E-state index contributed by atoms with van der Waals surface area (Å²) in [4.78, 5) is 0. The van der Waals surface area contributed by atoms with Crippen LogP contribution >= 0.6 is 0 Å². The van der Waals surface area contributed by atoms with Crippen molar-refractivity contribution in [3.05, 3.63) is 53.6 Å². The molecule has 0 heterocycles. The highest BCUT2D eigenvalue weighted by Gasteiger charge is 2.23. The molecule has 0 saturated carbocycles. The van der Waals surface area contributed by atoms with Gasteiger partial charge in [-0.15, -0.1) is 0 Å². The third kappa shape index (κ3) is 1.30. The van der Waals surface area contributed by atoms with Gasteiger partial charge in [-0.1, -0.05) is 47.9 Å². The van der Waals surface area contributed by atoms with E-state index in [0.29, 0.717) is 0 Å². The number of aryl methyl sites for hydroxylation is 2. The summed E-state index contributed by atoms with van der Waals surface area (Å²) < 4.78 is 0. The Morgan fingerprint density at radius 2 is 1.58 bits per heavy atom. The first-order valence-electron chi connectivity index (χ1n) is 6.81. The predicted octanol–water partition coefficient (Wildman–Crippen LogP) is 3.36. The Morgan fingerprint density at radius 3 is 2.37 bits per heavy atom. The molecule has 0 aliphatic heterocycles. The minimum atomic E-state index is 1.34. The third-order valence-electron chi connectivity index (χ3n) is 4.27. The van der Waals surface area contributed by atoms with E-state index in [4.69, 9.17) is 0 Å². The second-order valence-electron chi connectivity index (χ2n) is 5.67. The number of rotatable bonds is 0. The van der Waals surface area contributed by atoms with Gasteiger partial charge in [0, 0.05) is 0 Å². The van der Waals surface area contributed by atoms with Gasteiger partial charge in [0.1, 0.15) is 7.85 Å². The van der Waals surface area contributed by atoms with Crippen molar-refractivity contribution in [2.45, 2.75) is 13.8 Å². The average molecular weight is 242 g/mol. The number of hydrogen-bond donors (Lipinski definition) is 0. The molecule has 0 unspecified atom stereocenters. The zero-order valence-electron chi connectivity index (χ0n) is 11.5. The molecule has 3 aromatic carbocycles. The van der Waals surface area contributed by atoms with Crippen LogP contribution in [0.2, 0.25) is 0 Å². The first kappa shape index (κ1) is 10.9. The highest BCUT2D eigenvalue weighted by Crippen LogP contribution is 2.48. The summed E-state index contributed by atoms with van der Waals surface area (Å²) in [6.45, 7) is 4.42. The van der Waals surface area contributed by atoms with Gasteiger partial charge in [0.05, 0.1) is 0 Å². The van der Waals surface area contributed by atoms with Crippen LogP contribution in [0.4, 0.5) is 0 Å². The van der Waals surface area contributed by atoms with Gasteiger partial charge in [-0.25, -0.2) is 0 Å². The molecule has 19 heavy (non-hydrogen) atoms. The van der Waals surface area contributed by atoms with Crippen molar-refractivity contribution in [3.8, 4) is 22.3 Å². The largest absolute Gasteiger partial charge is 0.140 e. The Balaban J connectivity index is 2.33. The fraction of sp³-hybridized carbons (Fsp3) is 0.111. The number of hydrogen-bond acceptors (Lipinski definition) is 0. The lowest BCUT2D eigenvalue weighted by Crippen LogP contribution is -2.05. The summed E-state index contributed by atoms with van der Waals surface area (Å²) in [6.07, 6.45) is 0. The van der Waals surface area contributed by atoms with E-state index in [1.807, 2.05) is 0 Å². The van der Waals surface area contributed by atoms with E-state index in [2.05, 4.69) is 64.2 Å². The average Bonchev–Trinajstić information content (AvgIpc) is 2.71. The Kier molecular flexibility index (Phi) is 2.01. The Labute approximate surface area is 114 Å². The quantitative estimate of drug-likeness (QED) is 0.415. The van der Waals surface area contributed by atoms with Crippen molar-refractivity contribution in [1.82, 2.24) is 0 Å². The molecule has 0 aromatic heterocycles. The second kappa shape index (κ2) is 3.51. The standard InChI is InChI=1S/C18H15B/c1-10-7-14-12-5-3-4-6-13(12)17-11(2)9-16(19)15(8-10)18(14)17/h3-9H,19H2,1-2H3. The summed E-state index contributed by atoms with van der Waals surface area (Å²) >= 11 is 0. The summed E-state index contributed by atoms with van der Waals surface area (Å²) in [5.74, 6) is 0. The molecule has 1 heteroatoms. The zero-order valence-corrected chi connectivity index (χ0v) is 11.5. The summed E-state index contributed by atoms with van der Waals surface area (Å²) in [5.41, 5.74) is 9.75. The molecule has 1 aliphatic rings. The van der Waals surface area contributed by atoms with Crippen LogP contribution in [0, 0.1) is 13.8 Å². The lowest BCUT2D eigenvalue weighted by Gasteiger charge is -2.10. The van der Waals surface area contributed by atoms with Crippen LogP contribution in [0.15, 0.2) is 42.5 Å². The van der Waals surface area contributed by atoms with Crippen LogP contribution in [0.5, 0.6) is 0 Å². The topological polar surface area (TPSA) is 0 Å². The molecule has 0 saturated heterocycles. The molecular formula is C18H15B. The molecule has 90 valence electrons. The molecule has 0 bridgehead atoms. The van der Waals surface area contributed by atoms with E-state index in [9.17, 15) is 0 Å². The van der Waals surface area contributed by atoms with Crippen LogP contribution in [0.25, 0.3) is 33.0 Å². The highest BCUT2D eigenvalue weighted by molar-refractivity contribution is 6.41. The van der Waals surface area contributed by atoms with Crippen LogP contribution in [0.3, 0.4) is 0 Å². The number of benzene rings is 3. The predicted molar refractivity (Wildman–Crippen MR) is 86.0 cm³/mol. The maximum Gasteiger partial charge on any atom is 0.140 e. The molecule has 0 nitrogen and oxygen atoms in total. The monoisotopic (exact) mass is 242 g/mol. The molecule has 0 atom stereocenters. The second-order valence-corrected chi connectivity index (χ2v) is 5.67. The Morgan fingerprint density at radius 1 is 0.842 bits per heavy atom. The van der Waals surface area contributed by atoms with Crippen molar-refractivity contribution < 1.29 is 0 Å². The van der Waals surface area contributed by atoms with E-state index in [-0.39, 0.29) is 0 Å². The van der Waals surface area contributed by atoms with Crippen molar-refractivity contribution in [2.24, 2.45) is 0 Å². The lowest BCUT2D eigenvalue weighted by molar-refractivity contribution is 1.50. The van der Waals surface area contributed by atoms with Crippen LogP contribution in [-0.4, -0.2) is 7.85 Å². The number of fused-ring (bicyclic) bond motifs is 3. The minimum Gasteiger partial charge on any atom is -0.0809 e. The van der Waals surface area contributed by atoms with Crippen molar-refractivity contribution in [2.75, 3.05) is 0 Å². The van der Waals surface area contributed by atoms with Gasteiger partial charge in [-0.05, 0) is 58.0 Å². The highest BCUT2D eigenvalue weighted by atomic mass is 14.3. The van der Waals surface area contributed by atoms with Crippen LogP contribution in [0.1, 0.15) is 11.1 Å². The smallest absolute Gasteiger partial charge is 0.0809 e. The molecule has 0 N–H and O–H groups in total. The first-order chi connectivity index (χ1) is 9.16. The molecule has 0 spiro atoms. The Bertz CT molecular complexity index is 844. The lowest BCUT2D eigenvalue weighted by atomic mass is 9.85. The van der Waals surface area contributed by atoms with E-state index in [1.54, 1.807) is 0 Å². The summed E-state index contributed by atoms with van der Waals surface area (Å²) in [7, 11) is 2.22. The minimum absolute atomic E-state index is 1.34. The van der Waals surface area contributed by atoms with Crippen molar-refractivity contribution in [1.29, 1.82) is 0 Å². The fourth-order valence-electron chi connectivity index (χ4n) is 3.53. The molecule has 4 rings (SSSR count). The van der Waals surface area contributed by atoms with E-state index in [0.717, 1.165) is 0 Å². The Hall–Kier alpha value is -2.02. The van der Waals surface area contributed by atoms with Gasteiger partial charge in [0.15, 0.2) is 0 Å². The fourth-order valence-corrected chi connectivity index (χ4v) is 3.53. The zero-order chi connectivity index (χ0) is 13.1. The molecule has 0 radical (unpaired) electrons. The molecular weight excluding hydrogens is 227 g/mol. The van der Waals surface area contributed by atoms with Gasteiger partial charge >= 0.3 is 0 Å². The normalized spacial score (nSPS) is 11.9. The molecule has 3 aromatic rings. The SMILES string of the molecule is Bc1cc(C)c2c3c(cc(C)cc13)-c1ccccc1-2. The van der Waals surface area contributed by atoms with Gasteiger partial charge in [-0.3, -0.25) is 0 Å². The van der Waals surface area contributed by atoms with Gasteiger partial charge in [0.2, 0.25) is 0 Å².